The zero-order valence-corrected chi connectivity index (χ0v) is 16.8. The summed E-state index contributed by atoms with van der Waals surface area (Å²) >= 11 is 1.38. The molecule has 0 bridgehead atoms. The van der Waals surface area contributed by atoms with E-state index in [1.54, 1.807) is 18.3 Å². The molecule has 0 aliphatic rings. The fourth-order valence-electron chi connectivity index (χ4n) is 2.56. The number of aryl methyl sites for hydroxylation is 2. The summed E-state index contributed by atoms with van der Waals surface area (Å²) in [4.78, 5) is 29.9. The lowest BCUT2D eigenvalue weighted by Gasteiger charge is -2.11. The Morgan fingerprint density at radius 2 is 1.76 bits per heavy atom. The molecule has 0 saturated carbocycles. The topological polar surface area (TPSA) is 71.1 Å². The van der Waals surface area contributed by atoms with Gasteiger partial charge in [-0.2, -0.15) is 0 Å². The molecule has 1 heterocycles. The van der Waals surface area contributed by atoms with E-state index in [9.17, 15) is 14.0 Å². The zero-order chi connectivity index (χ0) is 20.8. The molecule has 3 aromatic rings. The van der Waals surface area contributed by atoms with Gasteiger partial charge in [-0.25, -0.2) is 9.37 Å². The molecule has 148 valence electrons. The van der Waals surface area contributed by atoms with E-state index >= 15 is 0 Å². The molecule has 0 unspecified atom stereocenters. The van der Waals surface area contributed by atoms with Crippen LogP contribution in [0.15, 0.2) is 70.7 Å². The van der Waals surface area contributed by atoms with Gasteiger partial charge in [-0.3, -0.25) is 20.4 Å². The Morgan fingerprint density at radius 3 is 2.48 bits per heavy atom. The number of carbonyl (C=O) groups is 2. The molecule has 7 heteroatoms. The first-order chi connectivity index (χ1) is 13.9. The summed E-state index contributed by atoms with van der Waals surface area (Å²) in [5, 5.41) is 0.543. The number of halogens is 1. The maximum absolute atomic E-state index is 12.9. The van der Waals surface area contributed by atoms with Crippen LogP contribution in [0.2, 0.25) is 0 Å². The van der Waals surface area contributed by atoms with Crippen LogP contribution in [-0.2, 0) is 11.2 Å². The summed E-state index contributed by atoms with van der Waals surface area (Å²) in [5.74, 6) is -1.23. The molecule has 29 heavy (non-hydrogen) atoms. The molecule has 1 aromatic heterocycles. The molecular weight excluding hydrogens is 389 g/mol. The van der Waals surface area contributed by atoms with E-state index in [0.29, 0.717) is 16.2 Å². The molecule has 2 N–H and O–H groups in total. The van der Waals surface area contributed by atoms with Crippen molar-refractivity contribution in [3.8, 4) is 0 Å². The van der Waals surface area contributed by atoms with Crippen LogP contribution in [-0.4, -0.2) is 16.8 Å². The highest BCUT2D eigenvalue weighted by atomic mass is 32.2. The van der Waals surface area contributed by atoms with Crippen molar-refractivity contribution in [2.45, 2.75) is 30.2 Å². The monoisotopic (exact) mass is 409 g/mol. The second-order valence-electron chi connectivity index (χ2n) is 6.51. The molecule has 0 spiro atoms. The third-order valence-corrected chi connectivity index (χ3v) is 5.31. The Morgan fingerprint density at radius 1 is 1.00 bits per heavy atom. The van der Waals surface area contributed by atoms with Crippen LogP contribution >= 0.6 is 11.8 Å². The molecule has 0 saturated heterocycles. The largest absolute Gasteiger partial charge is 0.273 e. The Hall–Kier alpha value is -3.19. The predicted molar refractivity (Wildman–Crippen MR) is 110 cm³/mol. The van der Waals surface area contributed by atoms with E-state index in [4.69, 9.17) is 0 Å². The van der Waals surface area contributed by atoms with Gasteiger partial charge in [0.25, 0.3) is 5.91 Å². The van der Waals surface area contributed by atoms with Crippen molar-refractivity contribution in [3.05, 3.63) is 88.9 Å². The number of nitrogens with zero attached hydrogens (tertiary/aromatic N) is 1. The van der Waals surface area contributed by atoms with Gasteiger partial charge in [-0.15, -0.1) is 0 Å². The minimum atomic E-state index is -0.461. The molecule has 2 aromatic carbocycles. The minimum absolute atomic E-state index is 0.0256. The maximum Gasteiger partial charge on any atom is 0.272 e. The van der Waals surface area contributed by atoms with Gasteiger partial charge >= 0.3 is 0 Å². The molecular formula is C22H20FN3O2S. The molecule has 0 atom stereocenters. The van der Waals surface area contributed by atoms with Gasteiger partial charge in [0, 0.05) is 11.1 Å². The lowest BCUT2D eigenvalue weighted by molar-refractivity contribution is -0.121. The number of nitrogens with one attached hydrogen (secondary N) is 2. The van der Waals surface area contributed by atoms with Gasteiger partial charge in [-0.05, 0) is 66.9 Å². The zero-order valence-electron chi connectivity index (χ0n) is 16.0. The van der Waals surface area contributed by atoms with Gasteiger partial charge in [0.05, 0.1) is 12.0 Å². The highest BCUT2D eigenvalue weighted by Crippen LogP contribution is 2.29. The summed E-state index contributed by atoms with van der Waals surface area (Å²) in [6, 6.07) is 15.0. The molecule has 2 amide bonds. The molecule has 0 aliphatic carbocycles. The van der Waals surface area contributed by atoms with Crippen molar-refractivity contribution < 1.29 is 14.0 Å². The van der Waals surface area contributed by atoms with E-state index in [1.165, 1.54) is 41.6 Å². The third-order valence-electron chi connectivity index (χ3n) is 4.30. The first-order valence-corrected chi connectivity index (χ1v) is 9.78. The van der Waals surface area contributed by atoms with Crippen molar-refractivity contribution in [1.82, 2.24) is 15.8 Å². The number of benzene rings is 2. The Labute approximate surface area is 172 Å². The second kappa shape index (κ2) is 9.34. The van der Waals surface area contributed by atoms with Crippen LogP contribution in [0.25, 0.3) is 0 Å². The van der Waals surface area contributed by atoms with Crippen LogP contribution in [0, 0.1) is 19.7 Å². The molecule has 3 rings (SSSR count). The van der Waals surface area contributed by atoms with Crippen molar-refractivity contribution in [2.75, 3.05) is 0 Å². The van der Waals surface area contributed by atoms with E-state index in [-0.39, 0.29) is 12.2 Å². The Bertz CT molecular complexity index is 1040. The van der Waals surface area contributed by atoms with Crippen LogP contribution in [0.3, 0.4) is 0 Å². The Kier molecular flexibility index (Phi) is 6.61. The lowest BCUT2D eigenvalue weighted by atomic mass is 10.1. The van der Waals surface area contributed by atoms with Crippen molar-refractivity contribution in [2.24, 2.45) is 0 Å². The number of hydrogen-bond donors (Lipinski definition) is 2. The van der Waals surface area contributed by atoms with E-state index in [1.807, 2.05) is 32.0 Å². The summed E-state index contributed by atoms with van der Waals surface area (Å²) in [7, 11) is 0. The summed E-state index contributed by atoms with van der Waals surface area (Å²) < 4.78 is 12.9. The van der Waals surface area contributed by atoms with E-state index < -0.39 is 11.8 Å². The number of pyridine rings is 1. The molecule has 0 fully saturated rings. The quantitative estimate of drug-likeness (QED) is 0.625. The van der Waals surface area contributed by atoms with Crippen LogP contribution in [0.1, 0.15) is 27.0 Å². The number of aromatic nitrogens is 1. The van der Waals surface area contributed by atoms with Gasteiger partial charge in [-0.1, -0.05) is 30.0 Å². The highest BCUT2D eigenvalue weighted by Gasteiger charge is 2.14. The van der Waals surface area contributed by atoms with Gasteiger partial charge in [0.2, 0.25) is 5.91 Å². The average Bonchev–Trinajstić information content (AvgIpc) is 2.71. The maximum atomic E-state index is 12.9. The van der Waals surface area contributed by atoms with E-state index in [0.717, 1.165) is 10.5 Å². The number of amides is 2. The predicted octanol–water partition coefficient (Wildman–Crippen LogP) is 3.99. The first kappa shape index (κ1) is 20.5. The van der Waals surface area contributed by atoms with E-state index in [2.05, 4.69) is 15.8 Å². The Balaban J connectivity index is 1.64. The van der Waals surface area contributed by atoms with Crippen molar-refractivity contribution in [1.29, 1.82) is 0 Å². The van der Waals surface area contributed by atoms with Crippen molar-refractivity contribution in [3.63, 3.8) is 0 Å². The number of rotatable bonds is 5. The summed E-state index contributed by atoms with van der Waals surface area (Å²) in [6.45, 7) is 4.07. The minimum Gasteiger partial charge on any atom is -0.273 e. The van der Waals surface area contributed by atoms with Gasteiger partial charge in [0.1, 0.15) is 10.8 Å². The summed E-state index contributed by atoms with van der Waals surface area (Å²) in [5.41, 5.74) is 8.15. The molecule has 0 radical (unpaired) electrons. The second-order valence-corrected chi connectivity index (χ2v) is 7.57. The van der Waals surface area contributed by atoms with Crippen LogP contribution in [0.5, 0.6) is 0 Å². The van der Waals surface area contributed by atoms with Gasteiger partial charge < -0.3 is 0 Å². The summed E-state index contributed by atoms with van der Waals surface area (Å²) in [6.07, 6.45) is 1.64. The first-order valence-electron chi connectivity index (χ1n) is 8.96. The fourth-order valence-corrected chi connectivity index (χ4v) is 3.54. The van der Waals surface area contributed by atoms with Crippen LogP contribution in [0.4, 0.5) is 4.39 Å². The SMILES string of the molecule is Cc1ccc(Sc2ncccc2C(=O)NNC(=O)Cc2ccc(F)cc2)cc1C. The molecule has 5 nitrogen and oxygen atoms in total. The number of carbonyl (C=O) groups excluding carboxylic acids is 2. The average molecular weight is 409 g/mol. The number of hydrazine groups is 1. The fraction of sp³-hybridized carbons (Fsp3) is 0.136. The number of hydrogen-bond acceptors (Lipinski definition) is 4. The standard InChI is InChI=1S/C22H20FN3O2S/c1-14-5-10-18(12-15(14)2)29-22-19(4-3-11-24-22)21(28)26-25-20(27)13-16-6-8-17(23)9-7-16/h3-12H,13H2,1-2H3,(H,25,27)(H,26,28). The third kappa shape index (κ3) is 5.65. The van der Waals surface area contributed by atoms with Crippen molar-refractivity contribution >= 4 is 23.6 Å². The van der Waals surface area contributed by atoms with Crippen LogP contribution < -0.4 is 10.9 Å². The lowest BCUT2D eigenvalue weighted by Crippen LogP contribution is -2.42. The smallest absolute Gasteiger partial charge is 0.272 e. The van der Waals surface area contributed by atoms with Gasteiger partial charge in [0.15, 0.2) is 0 Å². The normalized spacial score (nSPS) is 10.4. The highest BCUT2D eigenvalue weighted by molar-refractivity contribution is 7.99. The molecule has 0 aliphatic heterocycles.